The second-order valence-corrected chi connectivity index (χ2v) is 11.1. The number of amides is 3. The Labute approximate surface area is 207 Å². The predicted molar refractivity (Wildman–Crippen MR) is 134 cm³/mol. The van der Waals surface area contributed by atoms with Crippen molar-refractivity contribution >= 4 is 35.6 Å². The van der Waals surface area contributed by atoms with Gasteiger partial charge in [-0.3, -0.25) is 9.59 Å². The van der Waals surface area contributed by atoms with Crippen molar-refractivity contribution in [2.45, 2.75) is 90.8 Å². The van der Waals surface area contributed by atoms with Gasteiger partial charge in [-0.1, -0.05) is 20.3 Å². The summed E-state index contributed by atoms with van der Waals surface area (Å²) in [6, 6.07) is -1.54. The fraction of sp³-hybridized carbons (Fsp3) is 0.833. The van der Waals surface area contributed by atoms with Crippen LogP contribution in [0, 0.1) is 17.8 Å². The number of thioether (sulfide) groups is 1. The molecule has 1 unspecified atom stereocenters. The molecule has 0 aromatic heterocycles. The normalized spacial score (nSPS) is 21.0. The summed E-state index contributed by atoms with van der Waals surface area (Å²) in [6.07, 6.45) is 5.28. The Morgan fingerprint density at radius 2 is 1.71 bits per heavy atom. The van der Waals surface area contributed by atoms with Gasteiger partial charge in [0.15, 0.2) is 0 Å². The van der Waals surface area contributed by atoms with Crippen molar-refractivity contribution < 1.29 is 29.0 Å². The van der Waals surface area contributed by atoms with E-state index in [1.54, 1.807) is 32.5 Å². The average Bonchev–Trinajstić information content (AvgIpc) is 2.76. The van der Waals surface area contributed by atoms with Crippen LogP contribution in [0.2, 0.25) is 0 Å². The maximum atomic E-state index is 12.8. The molecule has 34 heavy (non-hydrogen) atoms. The summed E-state index contributed by atoms with van der Waals surface area (Å²) in [7, 11) is 0. The molecule has 1 saturated carbocycles. The van der Waals surface area contributed by atoms with Crippen LogP contribution in [0.15, 0.2) is 0 Å². The third-order valence-electron chi connectivity index (χ3n) is 6.18. The van der Waals surface area contributed by atoms with Crippen molar-refractivity contribution in [2.75, 3.05) is 18.6 Å². The molecule has 9 nitrogen and oxygen atoms in total. The van der Waals surface area contributed by atoms with E-state index in [-0.39, 0.29) is 29.6 Å². The first-order valence-corrected chi connectivity index (χ1v) is 13.6. The van der Waals surface area contributed by atoms with E-state index in [2.05, 4.69) is 16.0 Å². The van der Waals surface area contributed by atoms with Crippen molar-refractivity contribution in [1.29, 1.82) is 0 Å². The monoisotopic (exact) mass is 501 g/mol. The smallest absolute Gasteiger partial charge is 0.408 e. The summed E-state index contributed by atoms with van der Waals surface area (Å²) in [4.78, 5) is 48.9. The maximum Gasteiger partial charge on any atom is 0.408 e. The summed E-state index contributed by atoms with van der Waals surface area (Å²) in [5.41, 5.74) is -0.648. The van der Waals surface area contributed by atoms with Crippen molar-refractivity contribution in [2.24, 2.45) is 17.8 Å². The van der Waals surface area contributed by atoms with Crippen LogP contribution < -0.4 is 16.0 Å². The van der Waals surface area contributed by atoms with Crippen molar-refractivity contribution in [3.05, 3.63) is 0 Å². The summed E-state index contributed by atoms with van der Waals surface area (Å²) in [5.74, 6) is -0.796. The van der Waals surface area contributed by atoms with Crippen molar-refractivity contribution in [3.8, 4) is 0 Å². The quantitative estimate of drug-likeness (QED) is 0.323. The molecular weight excluding hydrogens is 458 g/mol. The number of nitrogens with one attached hydrogen (secondary N) is 3. The second kappa shape index (κ2) is 14.4. The first-order valence-electron chi connectivity index (χ1n) is 12.2. The molecular formula is C24H43N3O6S. The Morgan fingerprint density at radius 3 is 2.21 bits per heavy atom. The Morgan fingerprint density at radius 1 is 1.09 bits per heavy atom. The predicted octanol–water partition coefficient (Wildman–Crippen LogP) is 3.17. The van der Waals surface area contributed by atoms with Gasteiger partial charge in [0.2, 0.25) is 11.8 Å². The highest BCUT2D eigenvalue weighted by atomic mass is 32.2. The minimum absolute atomic E-state index is 0.0553. The van der Waals surface area contributed by atoms with Crippen LogP contribution in [0.4, 0.5) is 4.79 Å². The first-order chi connectivity index (χ1) is 15.9. The minimum atomic E-state index is -1.00. The summed E-state index contributed by atoms with van der Waals surface area (Å²) < 4.78 is 5.30. The lowest BCUT2D eigenvalue weighted by Gasteiger charge is -2.30. The number of aliphatic carboxylic acids is 1. The molecule has 1 aliphatic rings. The molecule has 3 amide bonds. The molecule has 196 valence electrons. The van der Waals surface area contributed by atoms with Crippen molar-refractivity contribution in [1.82, 2.24) is 16.0 Å². The number of hydrogen-bond donors (Lipinski definition) is 4. The SMILES string of the molecule is CCC(C)[C@H](NC(=O)OC(C)(C)C)C(=O)NCC1CCC(C(=O)N[C@@H](CCSC)C(=O)O)CC1. The molecule has 0 radical (unpaired) electrons. The highest BCUT2D eigenvalue weighted by Crippen LogP contribution is 2.29. The molecule has 0 aromatic rings. The third-order valence-corrected chi connectivity index (χ3v) is 6.82. The highest BCUT2D eigenvalue weighted by molar-refractivity contribution is 7.98. The molecule has 3 atom stereocenters. The largest absolute Gasteiger partial charge is 0.480 e. The number of rotatable bonds is 12. The van der Waals surface area contributed by atoms with Crippen LogP contribution in [0.5, 0.6) is 0 Å². The van der Waals surface area contributed by atoms with E-state index < -0.39 is 29.7 Å². The van der Waals surface area contributed by atoms with E-state index >= 15 is 0 Å². The molecule has 0 aliphatic heterocycles. The molecule has 1 aliphatic carbocycles. The highest BCUT2D eigenvalue weighted by Gasteiger charge is 2.31. The van der Waals surface area contributed by atoms with Crippen LogP contribution in [-0.4, -0.2) is 65.2 Å². The van der Waals surface area contributed by atoms with Gasteiger partial charge in [0.1, 0.15) is 17.7 Å². The van der Waals surface area contributed by atoms with Gasteiger partial charge in [0, 0.05) is 12.5 Å². The second-order valence-electron chi connectivity index (χ2n) is 10.2. The molecule has 0 heterocycles. The van der Waals surface area contributed by atoms with Crippen LogP contribution in [0.3, 0.4) is 0 Å². The zero-order valence-corrected chi connectivity index (χ0v) is 22.3. The van der Waals surface area contributed by atoms with Crippen LogP contribution >= 0.6 is 11.8 Å². The number of alkyl carbamates (subject to hydrolysis) is 1. The van der Waals surface area contributed by atoms with Gasteiger partial charge in [-0.2, -0.15) is 11.8 Å². The van der Waals surface area contributed by atoms with Gasteiger partial charge in [0.05, 0.1) is 0 Å². The van der Waals surface area contributed by atoms with Gasteiger partial charge in [-0.25, -0.2) is 9.59 Å². The lowest BCUT2D eigenvalue weighted by molar-refractivity contribution is -0.142. The maximum absolute atomic E-state index is 12.8. The van der Waals surface area contributed by atoms with Gasteiger partial charge < -0.3 is 25.8 Å². The molecule has 10 heteroatoms. The number of carbonyl (C=O) groups excluding carboxylic acids is 3. The average molecular weight is 502 g/mol. The van der Waals surface area contributed by atoms with E-state index in [1.807, 2.05) is 20.1 Å². The molecule has 1 fully saturated rings. The Kier molecular flexibility index (Phi) is 12.8. The standard InChI is InChI=1S/C24H43N3O6S/c1-7-15(2)19(27-23(32)33-24(3,4)5)21(29)25-14-16-8-10-17(11-9-16)20(28)26-18(22(30)31)12-13-34-6/h15-19H,7-14H2,1-6H3,(H,25,29)(H,26,28)(H,27,32)(H,30,31)/t15?,16?,17?,18-,19-/m0/s1. The minimum Gasteiger partial charge on any atom is -0.480 e. The zero-order chi connectivity index (χ0) is 25.9. The Balaban J connectivity index is 2.53. The van der Waals surface area contributed by atoms with Gasteiger partial charge in [0.25, 0.3) is 0 Å². The molecule has 0 bridgehead atoms. The van der Waals surface area contributed by atoms with Gasteiger partial charge in [-0.05, 0) is 76.7 Å². The number of carboxylic acid groups (broad SMARTS) is 1. The summed E-state index contributed by atoms with van der Waals surface area (Å²) in [5, 5.41) is 17.7. The topological polar surface area (TPSA) is 134 Å². The lowest BCUT2D eigenvalue weighted by Crippen LogP contribution is -2.52. The van der Waals surface area contributed by atoms with Crippen molar-refractivity contribution in [3.63, 3.8) is 0 Å². The Hall–Kier alpha value is -1.97. The van der Waals surface area contributed by atoms with Crippen LogP contribution in [0.1, 0.15) is 73.1 Å². The molecule has 0 saturated heterocycles. The van der Waals surface area contributed by atoms with E-state index in [1.165, 1.54) is 0 Å². The van der Waals surface area contributed by atoms with Gasteiger partial charge >= 0.3 is 12.1 Å². The van der Waals surface area contributed by atoms with E-state index in [0.29, 0.717) is 31.6 Å². The number of hydrogen-bond acceptors (Lipinski definition) is 6. The van der Waals surface area contributed by atoms with Crippen LogP contribution in [-0.2, 0) is 19.1 Å². The number of ether oxygens (including phenoxy) is 1. The van der Waals surface area contributed by atoms with Crippen LogP contribution in [0.25, 0.3) is 0 Å². The molecule has 0 spiro atoms. The fourth-order valence-electron chi connectivity index (χ4n) is 3.90. The van der Waals surface area contributed by atoms with E-state index in [9.17, 15) is 24.3 Å². The summed E-state index contributed by atoms with van der Waals surface area (Å²) >= 11 is 1.55. The number of carboxylic acids is 1. The summed E-state index contributed by atoms with van der Waals surface area (Å²) in [6.45, 7) is 9.66. The van der Waals surface area contributed by atoms with E-state index in [0.717, 1.165) is 19.3 Å². The third kappa shape index (κ3) is 11.0. The van der Waals surface area contributed by atoms with Gasteiger partial charge in [-0.15, -0.1) is 0 Å². The zero-order valence-electron chi connectivity index (χ0n) is 21.4. The molecule has 4 N–H and O–H groups in total. The number of carbonyl (C=O) groups is 4. The Bertz CT molecular complexity index is 689. The first kappa shape index (κ1) is 30.1. The lowest BCUT2D eigenvalue weighted by atomic mass is 9.81. The molecule has 0 aromatic carbocycles. The van der Waals surface area contributed by atoms with E-state index in [4.69, 9.17) is 4.74 Å². The fourth-order valence-corrected chi connectivity index (χ4v) is 4.37. The molecule has 1 rings (SSSR count).